The predicted octanol–water partition coefficient (Wildman–Crippen LogP) is 4.04. The molecule has 2 nitrogen and oxygen atoms in total. The van der Waals surface area contributed by atoms with Crippen molar-refractivity contribution in [3.63, 3.8) is 0 Å². The molecule has 0 bridgehead atoms. The lowest BCUT2D eigenvalue weighted by Gasteiger charge is -2.22. The molecule has 0 saturated carbocycles. The molecule has 1 aliphatic heterocycles. The summed E-state index contributed by atoms with van der Waals surface area (Å²) >= 11 is 3.33. The van der Waals surface area contributed by atoms with Gasteiger partial charge in [-0.05, 0) is 25.6 Å². The molecular weight excluding hydrogens is 249 g/mol. The van der Waals surface area contributed by atoms with Crippen LogP contribution in [-0.4, -0.2) is 24.7 Å². The number of rotatable bonds is 3. The number of hydrogen-bond acceptors (Lipinski definition) is 3. The van der Waals surface area contributed by atoms with E-state index >= 15 is 0 Å². The third-order valence-electron chi connectivity index (χ3n) is 1.93. The molecule has 0 aromatic rings. The Balaban J connectivity index is 0. The van der Waals surface area contributed by atoms with Crippen LogP contribution in [0.4, 0.5) is 13.2 Å². The van der Waals surface area contributed by atoms with Crippen LogP contribution in [-0.2, 0) is 12.4 Å². The Bertz CT molecular complexity index is 230. The number of hydrogen-bond donors (Lipinski definition) is 1. The zero-order valence-corrected chi connectivity index (χ0v) is 10.9. The SMILES string of the molecule is CCCCN1C=CC=C(C)C1.FC(F)F.N=S. The molecule has 17 heavy (non-hydrogen) atoms. The Hall–Kier alpha value is -0.910. The van der Waals surface area contributed by atoms with Crippen molar-refractivity contribution in [1.82, 2.24) is 4.90 Å². The van der Waals surface area contributed by atoms with Crippen LogP contribution in [0, 0.1) is 4.78 Å². The number of halogens is 3. The van der Waals surface area contributed by atoms with Crippen LogP contribution in [0.1, 0.15) is 26.7 Å². The maximum Gasteiger partial charge on any atom is 0.379 e. The first-order valence-corrected chi connectivity index (χ1v) is 5.67. The van der Waals surface area contributed by atoms with Crippen molar-refractivity contribution in [2.75, 3.05) is 13.1 Å². The first kappa shape index (κ1) is 18.5. The average Bonchev–Trinajstić information content (AvgIpc) is 2.28. The van der Waals surface area contributed by atoms with Crippen molar-refractivity contribution in [2.45, 2.75) is 33.4 Å². The minimum absolute atomic E-state index is 1.12. The minimum atomic E-state index is -3.67. The van der Waals surface area contributed by atoms with E-state index in [2.05, 4.69) is 49.5 Å². The summed E-state index contributed by atoms with van der Waals surface area (Å²) in [5, 5.41) is 0. The van der Waals surface area contributed by atoms with E-state index in [1.54, 1.807) is 0 Å². The van der Waals surface area contributed by atoms with Gasteiger partial charge in [-0.3, -0.25) is 0 Å². The number of alkyl halides is 3. The van der Waals surface area contributed by atoms with Gasteiger partial charge in [-0.2, -0.15) is 13.2 Å². The minimum Gasteiger partial charge on any atom is -0.373 e. The lowest BCUT2D eigenvalue weighted by Crippen LogP contribution is -2.22. The summed E-state index contributed by atoms with van der Waals surface area (Å²) < 4.78 is 34.3. The molecular formula is C11H19F3N2S. The van der Waals surface area contributed by atoms with Gasteiger partial charge >= 0.3 is 6.68 Å². The van der Waals surface area contributed by atoms with E-state index in [0.29, 0.717) is 0 Å². The summed E-state index contributed by atoms with van der Waals surface area (Å²) in [5.74, 6) is 0. The lowest BCUT2D eigenvalue weighted by molar-refractivity contribution is 0.00819. The molecule has 0 saturated heterocycles. The van der Waals surface area contributed by atoms with Crippen molar-refractivity contribution in [3.05, 3.63) is 23.9 Å². The highest BCUT2D eigenvalue weighted by atomic mass is 32.1. The van der Waals surface area contributed by atoms with Crippen LogP contribution in [0.5, 0.6) is 0 Å². The van der Waals surface area contributed by atoms with Crippen molar-refractivity contribution in [1.29, 1.82) is 4.78 Å². The van der Waals surface area contributed by atoms with Crippen LogP contribution in [0.2, 0.25) is 0 Å². The largest absolute Gasteiger partial charge is 0.379 e. The van der Waals surface area contributed by atoms with E-state index in [0.717, 1.165) is 6.54 Å². The topological polar surface area (TPSA) is 27.1 Å². The normalized spacial score (nSPS) is 13.3. The monoisotopic (exact) mass is 268 g/mol. The van der Waals surface area contributed by atoms with E-state index < -0.39 is 6.68 Å². The number of allylic oxidation sites excluding steroid dienone is 2. The second-order valence-corrected chi connectivity index (χ2v) is 3.43. The van der Waals surface area contributed by atoms with Crippen molar-refractivity contribution >= 4 is 12.4 Å². The molecule has 0 aliphatic carbocycles. The van der Waals surface area contributed by atoms with Crippen LogP contribution < -0.4 is 0 Å². The van der Waals surface area contributed by atoms with Crippen LogP contribution in [0.15, 0.2) is 23.9 Å². The van der Waals surface area contributed by atoms with Gasteiger partial charge in [0.2, 0.25) is 0 Å². The Morgan fingerprint density at radius 2 is 1.94 bits per heavy atom. The van der Waals surface area contributed by atoms with Gasteiger partial charge in [0.15, 0.2) is 0 Å². The summed E-state index contributed by atoms with van der Waals surface area (Å²) in [7, 11) is 0. The fraction of sp³-hybridized carbons (Fsp3) is 0.636. The smallest absolute Gasteiger partial charge is 0.373 e. The third-order valence-corrected chi connectivity index (χ3v) is 1.93. The standard InChI is InChI=1S/C10H17N.CHF3.HNS/c1-3-4-7-11-8-5-6-10(2)9-11;2-1(3)4;1-2/h5-6,8H,3-4,7,9H2,1-2H3;1H;1H. The zero-order valence-electron chi connectivity index (χ0n) is 10.1. The second kappa shape index (κ2) is 13.2. The molecule has 0 fully saturated rings. The Kier molecular flexibility index (Phi) is 14.3. The van der Waals surface area contributed by atoms with Gasteiger partial charge in [-0.25, -0.2) is 4.78 Å². The molecule has 100 valence electrons. The first-order chi connectivity index (χ1) is 8.06. The summed E-state index contributed by atoms with van der Waals surface area (Å²) in [5.41, 5.74) is 1.46. The maximum absolute atomic E-state index is 9.67. The Morgan fingerprint density at radius 3 is 2.35 bits per heavy atom. The Morgan fingerprint density at radius 1 is 1.41 bits per heavy atom. The highest BCUT2D eigenvalue weighted by molar-refractivity contribution is 7.45. The molecule has 1 heterocycles. The summed E-state index contributed by atoms with van der Waals surface area (Å²) in [4.78, 5) is 2.37. The highest BCUT2D eigenvalue weighted by Gasteiger charge is 2.01. The van der Waals surface area contributed by atoms with Crippen molar-refractivity contribution in [3.8, 4) is 0 Å². The summed E-state index contributed by atoms with van der Waals surface area (Å²) in [6.07, 6.45) is 9.09. The van der Waals surface area contributed by atoms with Gasteiger partial charge in [0.1, 0.15) is 0 Å². The molecule has 0 radical (unpaired) electrons. The van der Waals surface area contributed by atoms with E-state index in [-0.39, 0.29) is 0 Å². The van der Waals surface area contributed by atoms with Gasteiger partial charge in [0.05, 0.1) is 0 Å². The molecule has 6 heteroatoms. The van der Waals surface area contributed by atoms with Crippen molar-refractivity contribution in [2.24, 2.45) is 0 Å². The fourth-order valence-electron chi connectivity index (χ4n) is 1.27. The highest BCUT2D eigenvalue weighted by Crippen LogP contribution is 2.06. The number of nitrogens with one attached hydrogen (secondary N) is 1. The van der Waals surface area contributed by atoms with Gasteiger partial charge in [0, 0.05) is 25.5 Å². The first-order valence-electron chi connectivity index (χ1n) is 5.27. The zero-order chi connectivity index (χ0) is 13.7. The summed E-state index contributed by atoms with van der Waals surface area (Å²) in [6.45, 7) is 3.08. The average molecular weight is 268 g/mol. The molecule has 0 aromatic carbocycles. The van der Waals surface area contributed by atoms with Gasteiger partial charge in [-0.15, -0.1) is 0 Å². The number of unbranched alkanes of at least 4 members (excludes halogenated alkanes) is 1. The molecule has 0 atom stereocenters. The molecule has 1 N–H and O–H groups in total. The van der Waals surface area contributed by atoms with Gasteiger partial charge in [0.25, 0.3) is 0 Å². The predicted molar refractivity (Wildman–Crippen MR) is 66.6 cm³/mol. The third kappa shape index (κ3) is 15.1. The van der Waals surface area contributed by atoms with Crippen LogP contribution in [0.3, 0.4) is 0 Å². The van der Waals surface area contributed by atoms with Gasteiger partial charge < -0.3 is 4.90 Å². The molecule has 1 aliphatic rings. The van der Waals surface area contributed by atoms with Gasteiger partial charge in [-0.1, -0.05) is 25.0 Å². The molecule has 0 aromatic heterocycles. The van der Waals surface area contributed by atoms with E-state index in [9.17, 15) is 13.2 Å². The molecule has 1 rings (SSSR count). The van der Waals surface area contributed by atoms with Crippen LogP contribution in [0.25, 0.3) is 0 Å². The second-order valence-electron chi connectivity index (χ2n) is 3.43. The van der Waals surface area contributed by atoms with E-state index in [4.69, 9.17) is 4.78 Å². The Labute approximate surface area is 106 Å². The van der Waals surface area contributed by atoms with Crippen molar-refractivity contribution < 1.29 is 13.2 Å². The fourth-order valence-corrected chi connectivity index (χ4v) is 1.27. The molecule has 0 amide bonds. The van der Waals surface area contributed by atoms with Crippen LogP contribution >= 0.6 is 0 Å². The lowest BCUT2D eigenvalue weighted by atomic mass is 10.2. The molecule has 0 spiro atoms. The molecule has 0 unspecified atom stereocenters. The van der Waals surface area contributed by atoms with E-state index in [1.807, 2.05) is 0 Å². The quantitative estimate of drug-likeness (QED) is 0.836. The number of nitrogens with zero attached hydrogens (tertiary/aromatic N) is 1. The summed E-state index contributed by atoms with van der Waals surface area (Å²) in [6, 6.07) is 0. The van der Waals surface area contributed by atoms with E-state index in [1.165, 1.54) is 25.0 Å². The maximum atomic E-state index is 9.67.